The highest BCUT2D eigenvalue weighted by Gasteiger charge is 2.46. The summed E-state index contributed by atoms with van der Waals surface area (Å²) in [6, 6.07) is 16.3. The molecule has 3 rings (SSSR count). The van der Waals surface area contributed by atoms with E-state index in [-0.39, 0.29) is 5.41 Å². The van der Waals surface area contributed by atoms with Crippen LogP contribution in [0.2, 0.25) is 0 Å². The molecule has 0 spiro atoms. The van der Waals surface area contributed by atoms with Crippen molar-refractivity contribution in [2.45, 2.75) is 60.3 Å². The Bertz CT molecular complexity index is 830. The molecule has 0 radical (unpaired) electrons. The van der Waals surface area contributed by atoms with Gasteiger partial charge in [-0.25, -0.2) is 0 Å². The average Bonchev–Trinajstić information content (AvgIpc) is 2.99. The molecule has 0 bridgehead atoms. The van der Waals surface area contributed by atoms with Gasteiger partial charge in [0, 0.05) is 16.8 Å². The summed E-state index contributed by atoms with van der Waals surface area (Å²) in [6.45, 7) is 15.2. The first-order chi connectivity index (χ1) is 13.1. The van der Waals surface area contributed by atoms with Crippen LogP contribution in [-0.4, -0.2) is 18.0 Å². The minimum atomic E-state index is -0.881. The summed E-state index contributed by atoms with van der Waals surface area (Å²) in [6.07, 6.45) is 0. The molecule has 0 atom stereocenters. The molecule has 2 aromatic rings. The Kier molecular flexibility index (Phi) is 5.58. The number of hydrogen-bond acceptors (Lipinski definition) is 4. The van der Waals surface area contributed by atoms with Crippen molar-refractivity contribution in [2.75, 3.05) is 9.73 Å². The Morgan fingerprint density at radius 1 is 0.857 bits per heavy atom. The van der Waals surface area contributed by atoms with Crippen LogP contribution in [0, 0.1) is 5.41 Å². The Morgan fingerprint density at radius 2 is 1.39 bits per heavy atom. The van der Waals surface area contributed by atoms with E-state index >= 15 is 0 Å². The van der Waals surface area contributed by atoms with Crippen molar-refractivity contribution in [3.63, 3.8) is 0 Å². The van der Waals surface area contributed by atoms with Crippen molar-refractivity contribution in [1.29, 1.82) is 0 Å². The molecule has 0 saturated carbocycles. The van der Waals surface area contributed by atoms with Gasteiger partial charge in [0.25, 0.3) is 0 Å². The van der Waals surface area contributed by atoms with Crippen molar-refractivity contribution in [2.24, 2.45) is 10.5 Å². The van der Waals surface area contributed by atoms with Gasteiger partial charge >= 0.3 is 7.19 Å². The molecule has 0 aliphatic carbocycles. The van der Waals surface area contributed by atoms with Crippen LogP contribution in [0.4, 0.5) is 11.4 Å². The maximum absolute atomic E-state index is 11.4. The van der Waals surface area contributed by atoms with E-state index in [2.05, 4.69) is 66.7 Å². The first-order valence-electron chi connectivity index (χ1n) is 10.2. The molecule has 1 heterocycles. The number of anilines is 2. The van der Waals surface area contributed by atoms with Crippen LogP contribution in [0.15, 0.2) is 53.6 Å². The van der Waals surface area contributed by atoms with Crippen molar-refractivity contribution in [3.8, 4) is 0 Å². The lowest BCUT2D eigenvalue weighted by Crippen LogP contribution is -2.50. The van der Waals surface area contributed by atoms with Gasteiger partial charge in [0.1, 0.15) is 5.84 Å². The topological polar surface area (TPSA) is 39.1 Å². The van der Waals surface area contributed by atoms with Crippen molar-refractivity contribution in [3.05, 3.63) is 59.7 Å². The normalized spacial score (nSPS) is 15.1. The molecule has 1 aliphatic heterocycles. The van der Waals surface area contributed by atoms with E-state index in [1.54, 1.807) is 4.92 Å². The van der Waals surface area contributed by atoms with Crippen molar-refractivity contribution in [1.82, 2.24) is 0 Å². The third-order valence-corrected chi connectivity index (χ3v) is 5.16. The molecular weight excluding hydrogens is 345 g/mol. The fraction of sp³-hybridized carbons (Fsp3) is 0.435. The summed E-state index contributed by atoms with van der Waals surface area (Å²) < 4.78 is 0. The smallest absolute Gasteiger partial charge is 0.412 e. The molecule has 5 heteroatoms. The second-order valence-electron chi connectivity index (χ2n) is 9.16. The lowest BCUT2D eigenvalue weighted by atomic mass is 9.83. The van der Waals surface area contributed by atoms with Gasteiger partial charge in [-0.2, -0.15) is 5.10 Å². The SMILES string of the molecule is CC(C)c1cccc(C(C)C)c1N1B(O)N(c2ccccc2)N=C1C(C)(C)C. The molecule has 148 valence electrons. The molecule has 0 amide bonds. The zero-order valence-electron chi connectivity index (χ0n) is 18.1. The Balaban J connectivity index is 2.22. The van der Waals surface area contributed by atoms with Gasteiger partial charge in [0.15, 0.2) is 0 Å². The van der Waals surface area contributed by atoms with Gasteiger partial charge in [0.2, 0.25) is 0 Å². The Labute approximate surface area is 170 Å². The van der Waals surface area contributed by atoms with Crippen LogP contribution >= 0.6 is 0 Å². The van der Waals surface area contributed by atoms with Gasteiger partial charge in [-0.1, -0.05) is 84.9 Å². The first-order valence-corrected chi connectivity index (χ1v) is 10.2. The number of benzene rings is 2. The van der Waals surface area contributed by atoms with E-state index in [0.29, 0.717) is 11.8 Å². The third kappa shape index (κ3) is 3.68. The highest BCUT2D eigenvalue weighted by Crippen LogP contribution is 2.41. The van der Waals surface area contributed by atoms with Crippen LogP contribution in [0.25, 0.3) is 0 Å². The standard InChI is InChI=1S/C23H32BN3O/c1-16(2)19-14-11-15-20(17(3)4)21(19)26-22(23(5,6)7)25-27(24(26)28)18-12-9-8-10-13-18/h8-17,28H,1-7H3. The summed E-state index contributed by atoms with van der Waals surface area (Å²) in [5.74, 6) is 1.56. The zero-order chi connectivity index (χ0) is 20.6. The van der Waals surface area contributed by atoms with Crippen molar-refractivity contribution >= 4 is 24.4 Å². The van der Waals surface area contributed by atoms with Gasteiger partial charge in [-0.05, 0) is 35.1 Å². The maximum atomic E-state index is 11.4. The summed E-state index contributed by atoms with van der Waals surface area (Å²) in [4.78, 5) is 3.76. The van der Waals surface area contributed by atoms with Gasteiger partial charge in [-0.15, -0.1) is 0 Å². The number of para-hydroxylation sites is 2. The molecular formula is C23H32BN3O. The molecule has 28 heavy (non-hydrogen) atoms. The molecule has 2 aromatic carbocycles. The highest BCUT2D eigenvalue weighted by molar-refractivity contribution is 6.67. The molecule has 0 saturated heterocycles. The number of hydrogen-bond donors (Lipinski definition) is 1. The second-order valence-corrected chi connectivity index (χ2v) is 9.16. The van der Waals surface area contributed by atoms with E-state index < -0.39 is 7.19 Å². The quantitative estimate of drug-likeness (QED) is 0.706. The third-order valence-electron chi connectivity index (χ3n) is 5.16. The van der Waals surface area contributed by atoms with Crippen LogP contribution in [-0.2, 0) is 0 Å². The summed E-state index contributed by atoms with van der Waals surface area (Å²) in [7, 11) is -0.881. The Hall–Kier alpha value is -2.27. The summed E-state index contributed by atoms with van der Waals surface area (Å²) in [5.41, 5.74) is 4.22. The second kappa shape index (κ2) is 7.63. The summed E-state index contributed by atoms with van der Waals surface area (Å²) in [5, 5.41) is 16.3. The molecule has 0 aromatic heterocycles. The molecule has 1 N–H and O–H groups in total. The lowest BCUT2D eigenvalue weighted by molar-refractivity contribution is 0.561. The number of rotatable bonds is 4. The highest BCUT2D eigenvalue weighted by atomic mass is 16.2. The molecule has 0 fully saturated rings. The fourth-order valence-corrected chi connectivity index (χ4v) is 3.72. The van der Waals surface area contributed by atoms with Crippen LogP contribution in [0.3, 0.4) is 0 Å². The van der Waals surface area contributed by atoms with Crippen LogP contribution in [0.1, 0.15) is 71.4 Å². The van der Waals surface area contributed by atoms with Gasteiger partial charge in [-0.3, -0.25) is 4.92 Å². The summed E-state index contributed by atoms with van der Waals surface area (Å²) >= 11 is 0. The zero-order valence-corrected chi connectivity index (χ0v) is 18.1. The predicted molar refractivity (Wildman–Crippen MR) is 121 cm³/mol. The monoisotopic (exact) mass is 377 g/mol. The van der Waals surface area contributed by atoms with Gasteiger partial charge in [0.05, 0.1) is 0 Å². The van der Waals surface area contributed by atoms with E-state index in [9.17, 15) is 5.02 Å². The minimum absolute atomic E-state index is 0.219. The van der Waals surface area contributed by atoms with E-state index in [4.69, 9.17) is 5.10 Å². The average molecular weight is 377 g/mol. The van der Waals surface area contributed by atoms with E-state index in [1.165, 1.54) is 11.1 Å². The molecule has 0 unspecified atom stereocenters. The number of hydrazone groups is 1. The van der Waals surface area contributed by atoms with Gasteiger partial charge < -0.3 is 9.83 Å². The first kappa shape index (κ1) is 20.5. The number of nitrogens with zero attached hydrogens (tertiary/aromatic N) is 3. The Morgan fingerprint density at radius 3 is 1.86 bits per heavy atom. The molecule has 4 nitrogen and oxygen atoms in total. The fourth-order valence-electron chi connectivity index (χ4n) is 3.72. The van der Waals surface area contributed by atoms with E-state index in [1.807, 2.05) is 35.1 Å². The van der Waals surface area contributed by atoms with Crippen LogP contribution in [0.5, 0.6) is 0 Å². The molecule has 1 aliphatic rings. The predicted octanol–water partition coefficient (Wildman–Crippen LogP) is 5.60. The maximum Gasteiger partial charge on any atom is 0.573 e. The minimum Gasteiger partial charge on any atom is -0.412 e. The van der Waals surface area contributed by atoms with E-state index in [0.717, 1.165) is 17.2 Å². The largest absolute Gasteiger partial charge is 0.573 e. The van der Waals surface area contributed by atoms with Crippen molar-refractivity contribution < 1.29 is 5.02 Å². The van der Waals surface area contributed by atoms with Crippen LogP contribution < -0.4 is 9.73 Å². The lowest BCUT2D eigenvalue weighted by Gasteiger charge is -2.34. The number of amidine groups is 1.